The van der Waals surface area contributed by atoms with E-state index in [0.717, 1.165) is 30.5 Å². The Labute approximate surface area is 114 Å². The normalized spacial score (nSPS) is 31.3. The van der Waals surface area contributed by atoms with E-state index in [4.69, 9.17) is 0 Å². The van der Waals surface area contributed by atoms with Crippen LogP contribution in [0.2, 0.25) is 0 Å². The summed E-state index contributed by atoms with van der Waals surface area (Å²) in [6.45, 7) is 7.10. The van der Waals surface area contributed by atoms with Gasteiger partial charge in [0.05, 0.1) is 0 Å². The molecule has 2 aliphatic rings. The Balaban J connectivity index is 1.86. The molecule has 0 amide bonds. The molecule has 106 valence electrons. The maximum atomic E-state index is 3.74. The number of hydrogen-bond donors (Lipinski definition) is 1. The van der Waals surface area contributed by atoms with Gasteiger partial charge in [-0.1, -0.05) is 26.2 Å². The summed E-state index contributed by atoms with van der Waals surface area (Å²) < 4.78 is 0. The van der Waals surface area contributed by atoms with Crippen molar-refractivity contribution in [3.63, 3.8) is 0 Å². The highest BCUT2D eigenvalue weighted by molar-refractivity contribution is 4.87. The Bertz CT molecular complexity index is 237. The van der Waals surface area contributed by atoms with E-state index in [2.05, 4.69) is 31.1 Å². The zero-order valence-electron chi connectivity index (χ0n) is 12.6. The lowest BCUT2D eigenvalue weighted by Gasteiger charge is -2.33. The zero-order chi connectivity index (χ0) is 13.0. The van der Waals surface area contributed by atoms with Crippen molar-refractivity contribution in [2.24, 2.45) is 11.8 Å². The molecule has 0 radical (unpaired) electrons. The average molecular weight is 252 g/mol. The molecule has 1 N–H and O–H groups in total. The number of rotatable bonds is 6. The molecule has 2 saturated carbocycles. The predicted molar refractivity (Wildman–Crippen MR) is 78.9 cm³/mol. The molecule has 2 aliphatic carbocycles. The third kappa shape index (κ3) is 3.96. The van der Waals surface area contributed by atoms with Crippen molar-refractivity contribution < 1.29 is 0 Å². The Morgan fingerprint density at radius 3 is 2.50 bits per heavy atom. The summed E-state index contributed by atoms with van der Waals surface area (Å²) in [6.07, 6.45) is 10.1. The van der Waals surface area contributed by atoms with Crippen molar-refractivity contribution in [3.05, 3.63) is 0 Å². The molecule has 0 aliphatic heterocycles. The predicted octanol–water partition coefficient (Wildman–Crippen LogP) is 3.28. The SMILES string of the molecule is CCNC1CCCCCC1CN(C)C(C)C1CC1. The molecule has 2 fully saturated rings. The van der Waals surface area contributed by atoms with Gasteiger partial charge in [0.1, 0.15) is 0 Å². The maximum absolute atomic E-state index is 3.74. The van der Waals surface area contributed by atoms with Gasteiger partial charge in [-0.05, 0) is 58.0 Å². The highest BCUT2D eigenvalue weighted by Crippen LogP contribution is 2.35. The van der Waals surface area contributed by atoms with Gasteiger partial charge < -0.3 is 10.2 Å². The van der Waals surface area contributed by atoms with E-state index in [-0.39, 0.29) is 0 Å². The van der Waals surface area contributed by atoms with Crippen molar-refractivity contribution in [2.75, 3.05) is 20.1 Å². The summed E-state index contributed by atoms with van der Waals surface area (Å²) in [5.74, 6) is 1.87. The lowest BCUT2D eigenvalue weighted by molar-refractivity contribution is 0.172. The minimum atomic E-state index is 0.770. The lowest BCUT2D eigenvalue weighted by Crippen LogP contribution is -2.43. The van der Waals surface area contributed by atoms with E-state index >= 15 is 0 Å². The van der Waals surface area contributed by atoms with Gasteiger partial charge in [-0.25, -0.2) is 0 Å². The lowest BCUT2D eigenvalue weighted by atomic mass is 9.93. The van der Waals surface area contributed by atoms with Crippen molar-refractivity contribution >= 4 is 0 Å². The van der Waals surface area contributed by atoms with Gasteiger partial charge in [-0.3, -0.25) is 0 Å². The van der Waals surface area contributed by atoms with Gasteiger partial charge in [-0.2, -0.15) is 0 Å². The molecule has 0 aromatic heterocycles. The first-order valence-electron chi connectivity index (χ1n) is 8.16. The molecule has 0 aromatic rings. The standard InChI is InChI=1S/C16H32N2/c1-4-17-16-9-7-5-6-8-15(16)12-18(3)13(2)14-10-11-14/h13-17H,4-12H2,1-3H3. The Morgan fingerprint density at radius 1 is 1.11 bits per heavy atom. The molecule has 3 unspecified atom stereocenters. The topological polar surface area (TPSA) is 15.3 Å². The molecule has 0 heterocycles. The molecule has 2 heteroatoms. The quantitative estimate of drug-likeness (QED) is 0.730. The summed E-state index contributed by atoms with van der Waals surface area (Å²) in [6, 6.07) is 1.57. The van der Waals surface area contributed by atoms with Crippen LogP contribution in [0.1, 0.15) is 58.8 Å². The summed E-state index contributed by atoms with van der Waals surface area (Å²) in [5.41, 5.74) is 0. The first-order chi connectivity index (χ1) is 8.72. The molecule has 0 aromatic carbocycles. The van der Waals surface area contributed by atoms with Crippen molar-refractivity contribution in [1.82, 2.24) is 10.2 Å². The number of hydrogen-bond acceptors (Lipinski definition) is 2. The Kier molecular flexibility index (Phi) is 5.50. The molecule has 18 heavy (non-hydrogen) atoms. The molecule has 0 spiro atoms. The third-order valence-corrected chi connectivity index (χ3v) is 5.15. The highest BCUT2D eigenvalue weighted by atomic mass is 15.1. The largest absolute Gasteiger partial charge is 0.314 e. The smallest absolute Gasteiger partial charge is 0.0107 e. The second-order valence-electron chi connectivity index (χ2n) is 6.58. The second-order valence-corrected chi connectivity index (χ2v) is 6.58. The summed E-state index contributed by atoms with van der Waals surface area (Å²) in [4.78, 5) is 2.64. The minimum absolute atomic E-state index is 0.770. The van der Waals surface area contributed by atoms with Gasteiger partial charge in [-0.15, -0.1) is 0 Å². The highest BCUT2D eigenvalue weighted by Gasteiger charge is 2.32. The Morgan fingerprint density at radius 2 is 1.83 bits per heavy atom. The number of nitrogens with one attached hydrogen (secondary N) is 1. The van der Waals surface area contributed by atoms with Crippen LogP contribution in [0.5, 0.6) is 0 Å². The van der Waals surface area contributed by atoms with Gasteiger partial charge in [0, 0.05) is 18.6 Å². The van der Waals surface area contributed by atoms with Gasteiger partial charge >= 0.3 is 0 Å². The first-order valence-corrected chi connectivity index (χ1v) is 8.16. The fourth-order valence-electron chi connectivity index (χ4n) is 3.61. The maximum Gasteiger partial charge on any atom is 0.0107 e. The van der Waals surface area contributed by atoms with Gasteiger partial charge in [0.15, 0.2) is 0 Å². The molecule has 0 saturated heterocycles. The van der Waals surface area contributed by atoms with E-state index in [1.165, 1.54) is 51.5 Å². The van der Waals surface area contributed by atoms with Gasteiger partial charge in [0.25, 0.3) is 0 Å². The molecule has 2 nitrogen and oxygen atoms in total. The fraction of sp³-hybridized carbons (Fsp3) is 1.00. The van der Waals surface area contributed by atoms with Crippen molar-refractivity contribution in [1.29, 1.82) is 0 Å². The molecule has 3 atom stereocenters. The molecule has 2 rings (SSSR count). The third-order valence-electron chi connectivity index (χ3n) is 5.15. The van der Waals surface area contributed by atoms with E-state index in [0.29, 0.717) is 0 Å². The average Bonchev–Trinajstić information content (AvgIpc) is 3.17. The van der Waals surface area contributed by atoms with Crippen LogP contribution in [0.3, 0.4) is 0 Å². The molecule has 0 bridgehead atoms. The fourth-order valence-corrected chi connectivity index (χ4v) is 3.61. The number of nitrogens with zero attached hydrogens (tertiary/aromatic N) is 1. The van der Waals surface area contributed by atoms with Crippen LogP contribution in [0.4, 0.5) is 0 Å². The molecular formula is C16H32N2. The van der Waals surface area contributed by atoms with Crippen LogP contribution in [0.15, 0.2) is 0 Å². The monoisotopic (exact) mass is 252 g/mol. The van der Waals surface area contributed by atoms with Crippen LogP contribution in [0.25, 0.3) is 0 Å². The summed E-state index contributed by atoms with van der Waals surface area (Å²) in [7, 11) is 2.34. The van der Waals surface area contributed by atoms with Crippen LogP contribution >= 0.6 is 0 Å². The summed E-state index contributed by atoms with van der Waals surface area (Å²) in [5, 5.41) is 3.74. The van der Waals surface area contributed by atoms with E-state index in [9.17, 15) is 0 Å². The van der Waals surface area contributed by atoms with Crippen molar-refractivity contribution in [3.8, 4) is 0 Å². The van der Waals surface area contributed by atoms with Gasteiger partial charge in [0.2, 0.25) is 0 Å². The summed E-state index contributed by atoms with van der Waals surface area (Å²) >= 11 is 0. The van der Waals surface area contributed by atoms with Crippen LogP contribution < -0.4 is 5.32 Å². The Hall–Kier alpha value is -0.0800. The van der Waals surface area contributed by atoms with E-state index in [1.807, 2.05) is 0 Å². The minimum Gasteiger partial charge on any atom is -0.314 e. The molecular weight excluding hydrogens is 220 g/mol. The second kappa shape index (κ2) is 6.91. The van der Waals surface area contributed by atoms with E-state index < -0.39 is 0 Å². The van der Waals surface area contributed by atoms with E-state index in [1.54, 1.807) is 0 Å². The van der Waals surface area contributed by atoms with Crippen LogP contribution in [-0.2, 0) is 0 Å². The van der Waals surface area contributed by atoms with Crippen LogP contribution in [0, 0.1) is 11.8 Å². The van der Waals surface area contributed by atoms with Crippen molar-refractivity contribution in [2.45, 2.75) is 70.9 Å². The first kappa shape index (κ1) is 14.3. The zero-order valence-corrected chi connectivity index (χ0v) is 12.6. The van der Waals surface area contributed by atoms with Crippen LogP contribution in [-0.4, -0.2) is 37.1 Å².